The number of rotatable bonds is 0. The van der Waals surface area contributed by atoms with Crippen LogP contribution in [0.5, 0.6) is 0 Å². The molecule has 2 rings (SSSR count). The first-order chi connectivity index (χ1) is 4.47. The molecule has 0 aromatic rings. The summed E-state index contributed by atoms with van der Waals surface area (Å²) in [5.74, 6) is 1.000. The van der Waals surface area contributed by atoms with Crippen LogP contribution in [-0.4, -0.2) is 25.7 Å². The molecule has 0 aliphatic carbocycles. The normalized spacial score (nSPS) is 42.7. The summed E-state index contributed by atoms with van der Waals surface area (Å²) in [5.41, 5.74) is 0. The minimum atomic E-state index is 0.861. The van der Waals surface area contributed by atoms with E-state index in [1.54, 1.807) is 0 Å². The van der Waals surface area contributed by atoms with E-state index in [0.29, 0.717) is 0 Å². The van der Waals surface area contributed by atoms with Gasteiger partial charge in [0, 0.05) is 6.04 Å². The average Bonchev–Trinajstić information content (AvgIpc) is 1.94. The summed E-state index contributed by atoms with van der Waals surface area (Å²) in [4.78, 5) is 0. The molecule has 0 aromatic heterocycles. The second-order valence-electron chi connectivity index (χ2n) is 3.10. The van der Waals surface area contributed by atoms with Gasteiger partial charge in [0.15, 0.2) is 0 Å². The summed E-state index contributed by atoms with van der Waals surface area (Å²) < 4.78 is 0. The third-order valence-electron chi connectivity index (χ3n) is 2.54. The lowest BCUT2D eigenvalue weighted by atomic mass is 9.88. The van der Waals surface area contributed by atoms with Crippen LogP contribution in [0.15, 0.2) is 0 Å². The van der Waals surface area contributed by atoms with Gasteiger partial charge in [-0.1, -0.05) is 0 Å². The van der Waals surface area contributed by atoms with Gasteiger partial charge >= 0.3 is 0 Å². The molecule has 2 heterocycles. The lowest BCUT2D eigenvalue weighted by Crippen LogP contribution is -2.52. The van der Waals surface area contributed by atoms with Crippen molar-refractivity contribution in [2.24, 2.45) is 5.92 Å². The minimum Gasteiger partial charge on any atom is -0.317 e. The van der Waals surface area contributed by atoms with E-state index < -0.39 is 0 Å². The highest BCUT2D eigenvalue weighted by atomic mass is 15.0. The SMILES string of the molecule is C1C[C@@H]2CN[C@@H]2CCN1. The van der Waals surface area contributed by atoms with Crippen LogP contribution in [0.4, 0.5) is 0 Å². The van der Waals surface area contributed by atoms with Crippen LogP contribution in [-0.2, 0) is 0 Å². The third-order valence-corrected chi connectivity index (χ3v) is 2.54. The first-order valence-corrected chi connectivity index (χ1v) is 3.91. The van der Waals surface area contributed by atoms with E-state index in [2.05, 4.69) is 10.6 Å². The molecule has 0 spiro atoms. The van der Waals surface area contributed by atoms with E-state index in [1.807, 2.05) is 0 Å². The molecular weight excluding hydrogens is 112 g/mol. The predicted octanol–water partition coefficient (Wildman–Crippen LogP) is -0.0422. The second kappa shape index (κ2) is 2.27. The third kappa shape index (κ3) is 0.970. The lowest BCUT2D eigenvalue weighted by molar-refractivity contribution is 0.225. The van der Waals surface area contributed by atoms with Crippen LogP contribution < -0.4 is 10.6 Å². The van der Waals surface area contributed by atoms with E-state index in [-0.39, 0.29) is 0 Å². The highest BCUT2D eigenvalue weighted by Gasteiger charge is 2.30. The molecule has 2 nitrogen and oxygen atoms in total. The van der Waals surface area contributed by atoms with E-state index in [9.17, 15) is 0 Å². The predicted molar refractivity (Wildman–Crippen MR) is 37.4 cm³/mol. The van der Waals surface area contributed by atoms with Crippen molar-refractivity contribution in [3.63, 3.8) is 0 Å². The van der Waals surface area contributed by atoms with Crippen LogP contribution >= 0.6 is 0 Å². The molecule has 0 unspecified atom stereocenters. The van der Waals surface area contributed by atoms with Crippen molar-refractivity contribution >= 4 is 0 Å². The molecule has 2 heteroatoms. The highest BCUT2D eigenvalue weighted by Crippen LogP contribution is 2.20. The smallest absolute Gasteiger partial charge is 0.0120 e. The molecule has 0 bridgehead atoms. The van der Waals surface area contributed by atoms with E-state index >= 15 is 0 Å². The van der Waals surface area contributed by atoms with E-state index in [1.165, 1.54) is 32.5 Å². The van der Waals surface area contributed by atoms with Gasteiger partial charge in [-0.3, -0.25) is 0 Å². The van der Waals surface area contributed by atoms with Crippen molar-refractivity contribution in [3.05, 3.63) is 0 Å². The highest BCUT2D eigenvalue weighted by molar-refractivity contribution is 4.90. The van der Waals surface area contributed by atoms with Gasteiger partial charge in [-0.15, -0.1) is 0 Å². The van der Waals surface area contributed by atoms with Crippen molar-refractivity contribution in [1.29, 1.82) is 0 Å². The average molecular weight is 126 g/mol. The first kappa shape index (κ1) is 5.69. The monoisotopic (exact) mass is 126 g/mol. The zero-order valence-corrected chi connectivity index (χ0v) is 5.69. The Morgan fingerprint density at radius 3 is 2.78 bits per heavy atom. The summed E-state index contributed by atoms with van der Waals surface area (Å²) in [5, 5.41) is 6.86. The Bertz CT molecular complexity index is 91.1. The van der Waals surface area contributed by atoms with Gasteiger partial charge in [0.25, 0.3) is 0 Å². The largest absolute Gasteiger partial charge is 0.317 e. The minimum absolute atomic E-state index is 0.861. The maximum absolute atomic E-state index is 3.45. The summed E-state index contributed by atoms with van der Waals surface area (Å²) in [6, 6.07) is 0.861. The summed E-state index contributed by atoms with van der Waals surface area (Å²) in [7, 11) is 0. The molecule has 0 saturated carbocycles. The van der Waals surface area contributed by atoms with Crippen molar-refractivity contribution in [1.82, 2.24) is 10.6 Å². The van der Waals surface area contributed by atoms with Gasteiger partial charge in [-0.05, 0) is 38.4 Å². The fraction of sp³-hybridized carbons (Fsp3) is 1.00. The molecule has 2 aliphatic rings. The van der Waals surface area contributed by atoms with Crippen LogP contribution in [0, 0.1) is 5.92 Å². The standard InChI is InChI=1S/C7H14N2/c1-3-8-4-2-7-6(1)5-9-7/h6-9H,1-5H2/t6-,7-/m1/s1. The molecule has 2 N–H and O–H groups in total. The fourth-order valence-corrected chi connectivity index (χ4v) is 1.76. The fourth-order valence-electron chi connectivity index (χ4n) is 1.76. The molecular formula is C7H14N2. The Morgan fingerprint density at radius 2 is 2.00 bits per heavy atom. The molecule has 0 amide bonds. The molecule has 0 radical (unpaired) electrons. The van der Waals surface area contributed by atoms with E-state index in [4.69, 9.17) is 0 Å². The van der Waals surface area contributed by atoms with Gasteiger partial charge in [-0.2, -0.15) is 0 Å². The Morgan fingerprint density at radius 1 is 1.11 bits per heavy atom. The zero-order chi connectivity index (χ0) is 6.10. The Kier molecular flexibility index (Phi) is 1.44. The number of fused-ring (bicyclic) bond motifs is 1. The van der Waals surface area contributed by atoms with Crippen LogP contribution in [0.3, 0.4) is 0 Å². The van der Waals surface area contributed by atoms with Crippen molar-refractivity contribution in [3.8, 4) is 0 Å². The van der Waals surface area contributed by atoms with Crippen molar-refractivity contribution in [2.45, 2.75) is 18.9 Å². The summed E-state index contributed by atoms with van der Waals surface area (Å²) in [6.07, 6.45) is 2.72. The van der Waals surface area contributed by atoms with E-state index in [0.717, 1.165) is 12.0 Å². The first-order valence-electron chi connectivity index (χ1n) is 3.91. The van der Waals surface area contributed by atoms with Gasteiger partial charge in [-0.25, -0.2) is 0 Å². The summed E-state index contributed by atoms with van der Waals surface area (Å²) >= 11 is 0. The Balaban J connectivity index is 1.90. The van der Waals surface area contributed by atoms with Gasteiger partial charge in [0.05, 0.1) is 0 Å². The number of hydrogen-bond acceptors (Lipinski definition) is 2. The molecule has 9 heavy (non-hydrogen) atoms. The molecule has 2 fully saturated rings. The zero-order valence-electron chi connectivity index (χ0n) is 5.69. The van der Waals surface area contributed by atoms with Crippen LogP contribution in [0.2, 0.25) is 0 Å². The van der Waals surface area contributed by atoms with Gasteiger partial charge in [0.1, 0.15) is 0 Å². The van der Waals surface area contributed by atoms with Crippen LogP contribution in [0.1, 0.15) is 12.8 Å². The van der Waals surface area contributed by atoms with Crippen LogP contribution in [0.25, 0.3) is 0 Å². The topological polar surface area (TPSA) is 24.1 Å². The molecule has 2 atom stereocenters. The van der Waals surface area contributed by atoms with Crippen molar-refractivity contribution in [2.75, 3.05) is 19.6 Å². The Hall–Kier alpha value is -0.0800. The molecule has 0 aromatic carbocycles. The quantitative estimate of drug-likeness (QED) is 0.476. The maximum Gasteiger partial charge on any atom is 0.0120 e. The molecule has 2 aliphatic heterocycles. The van der Waals surface area contributed by atoms with Crippen molar-refractivity contribution < 1.29 is 0 Å². The number of nitrogens with one attached hydrogen (secondary N) is 2. The lowest BCUT2D eigenvalue weighted by Gasteiger charge is -2.36. The number of hydrogen-bond donors (Lipinski definition) is 2. The summed E-state index contributed by atoms with van der Waals surface area (Å²) in [6.45, 7) is 3.73. The van der Waals surface area contributed by atoms with Gasteiger partial charge < -0.3 is 10.6 Å². The van der Waals surface area contributed by atoms with Gasteiger partial charge in [0.2, 0.25) is 0 Å². The second-order valence-corrected chi connectivity index (χ2v) is 3.10. The Labute approximate surface area is 56.0 Å². The molecule has 52 valence electrons. The maximum atomic E-state index is 3.45. The molecule has 2 saturated heterocycles.